The molecule has 0 aliphatic rings. The van der Waals surface area contributed by atoms with E-state index in [2.05, 4.69) is 4.98 Å². The zero-order valence-electron chi connectivity index (χ0n) is 7.69. The van der Waals surface area contributed by atoms with Gasteiger partial charge in [-0.25, -0.2) is 4.98 Å². The van der Waals surface area contributed by atoms with Crippen LogP contribution in [0.4, 0.5) is 0 Å². The molecular formula is C8H12BNO3. The molecule has 0 spiro atoms. The number of pyridine rings is 1. The van der Waals surface area contributed by atoms with Gasteiger partial charge in [0.1, 0.15) is 0 Å². The van der Waals surface area contributed by atoms with Gasteiger partial charge in [0.15, 0.2) is 0 Å². The molecule has 0 unspecified atom stereocenters. The highest BCUT2D eigenvalue weighted by molar-refractivity contribution is 6.59. The molecule has 0 atom stereocenters. The number of aromatic nitrogens is 1. The van der Waals surface area contributed by atoms with Gasteiger partial charge in [0.2, 0.25) is 5.88 Å². The van der Waals surface area contributed by atoms with Crippen molar-refractivity contribution in [2.45, 2.75) is 13.3 Å². The summed E-state index contributed by atoms with van der Waals surface area (Å²) in [5.41, 5.74) is 1.15. The van der Waals surface area contributed by atoms with Crippen molar-refractivity contribution in [1.29, 1.82) is 0 Å². The summed E-state index contributed by atoms with van der Waals surface area (Å²) >= 11 is 0. The van der Waals surface area contributed by atoms with Gasteiger partial charge < -0.3 is 14.8 Å². The van der Waals surface area contributed by atoms with E-state index in [-0.39, 0.29) is 5.88 Å². The summed E-state index contributed by atoms with van der Waals surface area (Å²) in [6, 6.07) is 3.35. The number of hydrogen-bond acceptors (Lipinski definition) is 4. The van der Waals surface area contributed by atoms with Crippen LogP contribution in [-0.2, 0) is 6.42 Å². The molecule has 0 aromatic carbocycles. The molecule has 2 N–H and O–H groups in total. The summed E-state index contributed by atoms with van der Waals surface area (Å²) in [6.45, 7) is 1.97. The normalized spacial score (nSPS) is 9.85. The Kier molecular flexibility index (Phi) is 3.28. The second kappa shape index (κ2) is 4.25. The standard InChI is InChI=1S/C8H12BNO3/c1-3-6-4-5-7(9(11)12)8(10-6)13-2/h4-5,11-12H,3H2,1-2H3. The Morgan fingerprint density at radius 2 is 2.15 bits per heavy atom. The third kappa shape index (κ3) is 2.20. The average Bonchev–Trinajstić information content (AvgIpc) is 2.16. The van der Waals surface area contributed by atoms with E-state index >= 15 is 0 Å². The second-order valence-electron chi connectivity index (χ2n) is 2.63. The van der Waals surface area contributed by atoms with Crippen molar-refractivity contribution in [3.05, 3.63) is 17.8 Å². The van der Waals surface area contributed by atoms with Crippen LogP contribution in [0.15, 0.2) is 12.1 Å². The Bertz CT molecular complexity index is 291. The summed E-state index contributed by atoms with van der Waals surface area (Å²) in [7, 11) is -0.0819. The number of rotatable bonds is 3. The molecule has 0 radical (unpaired) electrons. The number of nitrogens with zero attached hydrogens (tertiary/aromatic N) is 1. The average molecular weight is 181 g/mol. The first-order chi connectivity index (χ1) is 6.19. The van der Waals surface area contributed by atoms with Crippen molar-refractivity contribution in [2.75, 3.05) is 7.11 Å². The lowest BCUT2D eigenvalue weighted by Gasteiger charge is -2.07. The molecule has 0 aliphatic carbocycles. The molecule has 0 saturated heterocycles. The van der Waals surface area contributed by atoms with Crippen LogP contribution in [0.2, 0.25) is 0 Å². The van der Waals surface area contributed by atoms with Crippen molar-refractivity contribution in [3.8, 4) is 5.88 Å². The first kappa shape index (κ1) is 10.0. The van der Waals surface area contributed by atoms with Crippen LogP contribution < -0.4 is 10.2 Å². The van der Waals surface area contributed by atoms with Crippen molar-refractivity contribution >= 4 is 12.6 Å². The Hall–Kier alpha value is -1.07. The second-order valence-corrected chi connectivity index (χ2v) is 2.63. The Morgan fingerprint density at radius 3 is 2.62 bits per heavy atom. The zero-order chi connectivity index (χ0) is 9.84. The molecule has 0 bridgehead atoms. The van der Waals surface area contributed by atoms with Crippen LogP contribution in [0.1, 0.15) is 12.6 Å². The van der Waals surface area contributed by atoms with Gasteiger partial charge in [-0.05, 0) is 12.5 Å². The lowest BCUT2D eigenvalue weighted by Crippen LogP contribution is -2.32. The van der Waals surface area contributed by atoms with E-state index in [4.69, 9.17) is 14.8 Å². The molecule has 0 aliphatic heterocycles. The zero-order valence-corrected chi connectivity index (χ0v) is 7.69. The summed E-state index contributed by atoms with van der Waals surface area (Å²) in [4.78, 5) is 4.09. The van der Waals surface area contributed by atoms with Crippen LogP contribution in [-0.4, -0.2) is 29.3 Å². The number of hydrogen-bond donors (Lipinski definition) is 2. The van der Waals surface area contributed by atoms with E-state index in [9.17, 15) is 0 Å². The SMILES string of the molecule is CCc1ccc(B(O)O)c(OC)n1. The van der Waals surface area contributed by atoms with Crippen molar-refractivity contribution < 1.29 is 14.8 Å². The molecule has 5 heteroatoms. The first-order valence-electron chi connectivity index (χ1n) is 4.09. The van der Waals surface area contributed by atoms with E-state index in [0.29, 0.717) is 5.46 Å². The molecule has 1 rings (SSSR count). The largest absolute Gasteiger partial charge is 0.494 e. The number of methoxy groups -OCH3 is 1. The van der Waals surface area contributed by atoms with Gasteiger partial charge in [-0.2, -0.15) is 0 Å². The van der Waals surface area contributed by atoms with Gasteiger partial charge >= 0.3 is 7.12 Å². The first-order valence-corrected chi connectivity index (χ1v) is 4.09. The van der Waals surface area contributed by atoms with Crippen molar-refractivity contribution in [1.82, 2.24) is 4.98 Å². The Balaban J connectivity index is 3.08. The summed E-state index contributed by atoms with van der Waals surface area (Å²) in [5.74, 6) is 0.273. The van der Waals surface area contributed by atoms with E-state index in [0.717, 1.165) is 12.1 Å². The third-order valence-corrected chi connectivity index (χ3v) is 1.78. The highest BCUT2D eigenvalue weighted by atomic mass is 16.5. The molecule has 0 fully saturated rings. The van der Waals surface area contributed by atoms with Gasteiger partial charge in [-0.1, -0.05) is 13.0 Å². The summed E-state index contributed by atoms with van der Waals surface area (Å²) in [5, 5.41) is 17.9. The highest BCUT2D eigenvalue weighted by Crippen LogP contribution is 2.05. The number of aryl methyl sites for hydroxylation is 1. The quantitative estimate of drug-likeness (QED) is 0.607. The van der Waals surface area contributed by atoms with Gasteiger partial charge in [0.25, 0.3) is 0 Å². The molecule has 70 valence electrons. The third-order valence-electron chi connectivity index (χ3n) is 1.78. The summed E-state index contributed by atoms with van der Waals surface area (Å²) in [6.07, 6.45) is 0.790. The van der Waals surface area contributed by atoms with Crippen molar-refractivity contribution in [2.24, 2.45) is 0 Å². The van der Waals surface area contributed by atoms with Gasteiger partial charge in [-0.15, -0.1) is 0 Å². The van der Waals surface area contributed by atoms with E-state index < -0.39 is 7.12 Å². The monoisotopic (exact) mass is 181 g/mol. The maximum atomic E-state index is 8.93. The van der Waals surface area contributed by atoms with E-state index in [1.807, 2.05) is 6.92 Å². The molecule has 1 heterocycles. The van der Waals surface area contributed by atoms with Gasteiger partial charge in [0, 0.05) is 11.2 Å². The van der Waals surface area contributed by atoms with Gasteiger partial charge in [0.05, 0.1) is 7.11 Å². The van der Waals surface area contributed by atoms with E-state index in [1.165, 1.54) is 7.11 Å². The predicted octanol–water partition coefficient (Wildman–Crippen LogP) is -0.668. The predicted molar refractivity (Wildman–Crippen MR) is 50.0 cm³/mol. The van der Waals surface area contributed by atoms with Crippen molar-refractivity contribution in [3.63, 3.8) is 0 Å². The number of ether oxygens (including phenoxy) is 1. The van der Waals surface area contributed by atoms with E-state index in [1.54, 1.807) is 12.1 Å². The fraction of sp³-hybridized carbons (Fsp3) is 0.375. The smallest absolute Gasteiger partial charge is 0.481 e. The maximum absolute atomic E-state index is 8.93. The van der Waals surface area contributed by atoms with Crippen LogP contribution in [0.5, 0.6) is 5.88 Å². The lowest BCUT2D eigenvalue weighted by molar-refractivity contribution is 0.390. The molecular weight excluding hydrogens is 169 g/mol. The molecule has 4 nitrogen and oxygen atoms in total. The van der Waals surface area contributed by atoms with Crippen LogP contribution in [0.25, 0.3) is 0 Å². The van der Waals surface area contributed by atoms with Crippen LogP contribution in [0, 0.1) is 0 Å². The maximum Gasteiger partial charge on any atom is 0.494 e. The van der Waals surface area contributed by atoms with Crippen LogP contribution in [0.3, 0.4) is 0 Å². The molecule has 13 heavy (non-hydrogen) atoms. The topological polar surface area (TPSA) is 62.6 Å². The fourth-order valence-electron chi connectivity index (χ4n) is 1.05. The Morgan fingerprint density at radius 1 is 1.46 bits per heavy atom. The fourth-order valence-corrected chi connectivity index (χ4v) is 1.05. The van der Waals surface area contributed by atoms with Crippen LogP contribution >= 0.6 is 0 Å². The minimum atomic E-state index is -1.53. The Labute approximate surface area is 77.3 Å². The molecule has 1 aromatic rings. The highest BCUT2D eigenvalue weighted by Gasteiger charge is 2.17. The molecule has 1 aromatic heterocycles. The molecule has 0 amide bonds. The van der Waals surface area contributed by atoms with Gasteiger partial charge in [-0.3, -0.25) is 0 Å². The molecule has 0 saturated carbocycles. The minimum absolute atomic E-state index is 0.273. The minimum Gasteiger partial charge on any atom is -0.481 e. The summed E-state index contributed by atoms with van der Waals surface area (Å²) < 4.78 is 4.92. The lowest BCUT2D eigenvalue weighted by atomic mass is 9.81.